The third-order valence-corrected chi connectivity index (χ3v) is 3.04. The van der Waals surface area contributed by atoms with E-state index in [0.29, 0.717) is 0 Å². The van der Waals surface area contributed by atoms with E-state index in [9.17, 15) is 9.36 Å². The highest BCUT2D eigenvalue weighted by molar-refractivity contribution is 8.54. The maximum absolute atomic E-state index is 10.2. The van der Waals surface area contributed by atoms with E-state index in [1.165, 1.54) is 0 Å². The van der Waals surface area contributed by atoms with Crippen LogP contribution in [0.25, 0.3) is 0 Å². The monoisotopic (exact) mass is 201 g/mol. The van der Waals surface area contributed by atoms with Crippen molar-refractivity contribution in [3.05, 3.63) is 0 Å². The molecular formula is C3H8NO5PS. The minimum atomic E-state index is -4.19. The third kappa shape index (κ3) is 6.33. The molecule has 66 valence electrons. The highest BCUT2D eigenvalue weighted by Gasteiger charge is 2.19. The van der Waals surface area contributed by atoms with Crippen LogP contribution in [0, 0.1) is 0 Å². The van der Waals surface area contributed by atoms with Gasteiger partial charge < -0.3 is 20.6 Å². The summed E-state index contributed by atoms with van der Waals surface area (Å²) < 4.78 is 10.2. The van der Waals surface area contributed by atoms with Crippen LogP contribution in [0.4, 0.5) is 0 Å². The van der Waals surface area contributed by atoms with E-state index in [0.717, 1.165) is 0 Å². The highest BCUT2D eigenvalue weighted by Crippen LogP contribution is 2.50. The molecule has 0 aromatic heterocycles. The van der Waals surface area contributed by atoms with Crippen molar-refractivity contribution < 1.29 is 24.3 Å². The zero-order chi connectivity index (χ0) is 9.07. The Kier molecular flexibility index (Phi) is 4.05. The van der Waals surface area contributed by atoms with Crippen LogP contribution in [0.1, 0.15) is 0 Å². The van der Waals surface area contributed by atoms with E-state index in [2.05, 4.69) is 0 Å². The molecule has 6 nitrogen and oxygen atoms in total. The second kappa shape index (κ2) is 4.08. The van der Waals surface area contributed by atoms with Crippen molar-refractivity contribution in [3.8, 4) is 0 Å². The predicted octanol–water partition coefficient (Wildman–Crippen LogP) is -0.776. The molecule has 11 heavy (non-hydrogen) atoms. The summed E-state index contributed by atoms with van der Waals surface area (Å²) in [4.78, 5) is 26.6. The molecule has 1 unspecified atom stereocenters. The van der Waals surface area contributed by atoms with Crippen molar-refractivity contribution in [2.75, 3.05) is 5.75 Å². The van der Waals surface area contributed by atoms with Crippen LogP contribution >= 0.6 is 18.2 Å². The Bertz CT molecular complexity index is 190. The predicted molar refractivity (Wildman–Crippen MR) is 40.1 cm³/mol. The number of carboxylic acid groups (broad SMARTS) is 1. The molecular weight excluding hydrogens is 193 g/mol. The van der Waals surface area contributed by atoms with E-state index < -0.39 is 18.8 Å². The van der Waals surface area contributed by atoms with Crippen LogP contribution in [-0.4, -0.2) is 32.7 Å². The number of carbonyl (C=O) groups is 1. The lowest BCUT2D eigenvalue weighted by Gasteiger charge is -2.05. The molecule has 0 aliphatic carbocycles. The fourth-order valence-corrected chi connectivity index (χ4v) is 1.81. The number of rotatable bonds is 4. The molecule has 0 radical (unpaired) electrons. The molecule has 0 aromatic rings. The first-order valence-corrected chi connectivity index (χ1v) is 5.71. The van der Waals surface area contributed by atoms with Gasteiger partial charge in [-0.25, -0.2) is 4.57 Å². The second-order valence-corrected chi connectivity index (χ2v) is 5.51. The Morgan fingerprint density at radius 2 is 2.09 bits per heavy atom. The Hall–Kier alpha value is -0.0700. The fourth-order valence-electron chi connectivity index (χ4n) is 0.249. The summed E-state index contributed by atoms with van der Waals surface area (Å²) in [7, 11) is 0. The first-order valence-electron chi connectivity index (χ1n) is 2.51. The lowest BCUT2D eigenvalue weighted by molar-refractivity contribution is -0.137. The summed E-state index contributed by atoms with van der Waals surface area (Å²) in [5.41, 5.74) is 4.96. The van der Waals surface area contributed by atoms with Gasteiger partial charge in [-0.2, -0.15) is 0 Å². The number of nitrogens with two attached hydrogens (primary N) is 1. The second-order valence-electron chi connectivity index (χ2n) is 1.73. The molecule has 0 heterocycles. The van der Waals surface area contributed by atoms with E-state index in [4.69, 9.17) is 20.6 Å². The lowest BCUT2D eigenvalue weighted by Crippen LogP contribution is -2.32. The zero-order valence-corrected chi connectivity index (χ0v) is 7.09. The largest absolute Gasteiger partial charge is 0.480 e. The van der Waals surface area contributed by atoms with Crippen LogP contribution in [-0.2, 0) is 9.36 Å². The number of hydrogen-bond donors (Lipinski definition) is 4. The van der Waals surface area contributed by atoms with Gasteiger partial charge in [0.2, 0.25) is 0 Å². The van der Waals surface area contributed by atoms with Crippen LogP contribution in [0.3, 0.4) is 0 Å². The maximum Gasteiger partial charge on any atom is 0.384 e. The van der Waals surface area contributed by atoms with Crippen molar-refractivity contribution in [2.45, 2.75) is 6.04 Å². The Labute approximate surface area is 66.7 Å². The molecule has 0 aliphatic rings. The minimum absolute atomic E-state index is 0.231. The van der Waals surface area contributed by atoms with E-state index >= 15 is 0 Å². The molecule has 0 bridgehead atoms. The van der Waals surface area contributed by atoms with Gasteiger partial charge in [0, 0.05) is 5.75 Å². The Balaban J connectivity index is 3.72. The average Bonchev–Trinajstić information content (AvgIpc) is 1.80. The summed E-state index contributed by atoms with van der Waals surface area (Å²) in [6.07, 6.45) is 0. The van der Waals surface area contributed by atoms with Crippen molar-refractivity contribution >= 4 is 24.1 Å². The minimum Gasteiger partial charge on any atom is -0.480 e. The molecule has 8 heteroatoms. The highest BCUT2D eigenvalue weighted by atomic mass is 32.7. The molecule has 0 saturated carbocycles. The van der Waals surface area contributed by atoms with Crippen molar-refractivity contribution in [2.24, 2.45) is 5.73 Å². The van der Waals surface area contributed by atoms with Gasteiger partial charge in [-0.15, -0.1) is 0 Å². The SMILES string of the molecule is NC(CSP(=O)(O)O)C(=O)O. The Morgan fingerprint density at radius 1 is 1.64 bits per heavy atom. The molecule has 0 aliphatic heterocycles. The topological polar surface area (TPSA) is 121 Å². The lowest BCUT2D eigenvalue weighted by atomic mass is 10.4. The summed E-state index contributed by atoms with van der Waals surface area (Å²) in [5.74, 6) is -1.56. The van der Waals surface area contributed by atoms with Crippen LogP contribution in [0.5, 0.6) is 0 Å². The summed E-state index contributed by atoms with van der Waals surface area (Å²) in [6.45, 7) is -4.19. The first-order chi connectivity index (χ1) is 4.83. The maximum atomic E-state index is 10.2. The van der Waals surface area contributed by atoms with Gasteiger partial charge in [0.05, 0.1) is 0 Å². The van der Waals surface area contributed by atoms with Gasteiger partial charge in [-0.3, -0.25) is 4.79 Å². The number of carboxylic acids is 1. The summed E-state index contributed by atoms with van der Waals surface area (Å²) >= 11 is 0.231. The number of aliphatic carboxylic acids is 1. The van der Waals surface area contributed by atoms with Crippen LogP contribution in [0.2, 0.25) is 0 Å². The van der Waals surface area contributed by atoms with Gasteiger partial charge >= 0.3 is 12.8 Å². The normalized spacial score (nSPS) is 14.5. The van der Waals surface area contributed by atoms with Gasteiger partial charge in [-0.1, -0.05) is 0 Å². The van der Waals surface area contributed by atoms with E-state index in [1.54, 1.807) is 0 Å². The quantitative estimate of drug-likeness (QED) is 0.440. The molecule has 0 saturated heterocycles. The van der Waals surface area contributed by atoms with Crippen molar-refractivity contribution in [1.29, 1.82) is 0 Å². The molecule has 0 spiro atoms. The molecule has 0 aromatic carbocycles. The van der Waals surface area contributed by atoms with Gasteiger partial charge in [0.15, 0.2) is 0 Å². The van der Waals surface area contributed by atoms with Gasteiger partial charge in [-0.05, 0) is 11.4 Å². The summed E-state index contributed by atoms with van der Waals surface area (Å²) in [5, 5.41) is 8.19. The zero-order valence-electron chi connectivity index (χ0n) is 5.38. The van der Waals surface area contributed by atoms with Crippen molar-refractivity contribution in [1.82, 2.24) is 0 Å². The fraction of sp³-hybridized carbons (Fsp3) is 0.667. The molecule has 0 amide bonds. The smallest absolute Gasteiger partial charge is 0.384 e. The molecule has 0 rings (SSSR count). The standard InChI is InChI=1S/C3H8NO5PS/c4-2(3(5)6)1-11-10(7,8)9/h2H,1,4H2,(H,5,6)(H2,7,8,9). The Morgan fingerprint density at radius 3 is 2.36 bits per heavy atom. The molecule has 0 fully saturated rings. The summed E-state index contributed by atoms with van der Waals surface area (Å²) in [6, 6.07) is -1.23. The van der Waals surface area contributed by atoms with Crippen LogP contribution < -0.4 is 5.73 Å². The average molecular weight is 201 g/mol. The van der Waals surface area contributed by atoms with E-state index in [-0.39, 0.29) is 17.1 Å². The first kappa shape index (κ1) is 10.9. The van der Waals surface area contributed by atoms with Gasteiger partial charge in [0.25, 0.3) is 0 Å². The van der Waals surface area contributed by atoms with E-state index in [1.807, 2.05) is 0 Å². The van der Waals surface area contributed by atoms with Crippen molar-refractivity contribution in [3.63, 3.8) is 0 Å². The molecule has 5 N–H and O–H groups in total. The third-order valence-electron chi connectivity index (χ3n) is 0.739. The van der Waals surface area contributed by atoms with Crippen LogP contribution in [0.15, 0.2) is 0 Å². The molecule has 1 atom stereocenters. The van der Waals surface area contributed by atoms with Gasteiger partial charge in [0.1, 0.15) is 6.04 Å². The number of hydrogen-bond acceptors (Lipinski definition) is 4.